The van der Waals surface area contributed by atoms with E-state index in [0.717, 1.165) is 29.4 Å². The maximum Gasteiger partial charge on any atom is 0.134 e. The van der Waals surface area contributed by atoms with Crippen molar-refractivity contribution in [3.05, 3.63) is 24.3 Å². The van der Waals surface area contributed by atoms with E-state index in [4.69, 9.17) is 10.7 Å². The third-order valence-electron chi connectivity index (χ3n) is 4.07. The van der Waals surface area contributed by atoms with Gasteiger partial charge in [-0.05, 0) is 18.8 Å². The van der Waals surface area contributed by atoms with Crippen LogP contribution in [-0.4, -0.2) is 19.7 Å². The van der Waals surface area contributed by atoms with Crippen LogP contribution in [0.5, 0.6) is 0 Å². The van der Waals surface area contributed by atoms with Gasteiger partial charge in [-0.3, -0.25) is 4.68 Å². The molecule has 106 valence electrons. The van der Waals surface area contributed by atoms with E-state index in [2.05, 4.69) is 17.0 Å². The quantitative estimate of drug-likeness (QED) is 0.911. The van der Waals surface area contributed by atoms with E-state index >= 15 is 0 Å². The van der Waals surface area contributed by atoms with Gasteiger partial charge in [0, 0.05) is 30.8 Å². The van der Waals surface area contributed by atoms with Crippen molar-refractivity contribution in [3.8, 4) is 11.3 Å². The predicted molar refractivity (Wildman–Crippen MR) is 79.0 cm³/mol. The van der Waals surface area contributed by atoms with Gasteiger partial charge in [0.2, 0.25) is 0 Å². The summed E-state index contributed by atoms with van der Waals surface area (Å²) in [4.78, 5) is 9.19. The van der Waals surface area contributed by atoms with Gasteiger partial charge < -0.3 is 5.73 Å². The van der Waals surface area contributed by atoms with Crippen LogP contribution < -0.4 is 5.73 Å². The van der Waals surface area contributed by atoms with E-state index in [-0.39, 0.29) is 0 Å². The van der Waals surface area contributed by atoms with Gasteiger partial charge in [-0.15, -0.1) is 0 Å². The van der Waals surface area contributed by atoms with Crippen LogP contribution in [0.4, 0.5) is 5.82 Å². The molecule has 0 saturated heterocycles. The zero-order chi connectivity index (χ0) is 14.1. The minimum absolute atomic E-state index is 0.442. The fraction of sp³-hybridized carbons (Fsp3) is 0.533. The summed E-state index contributed by atoms with van der Waals surface area (Å²) in [5.74, 6) is 2.64. The Morgan fingerprint density at radius 2 is 2.15 bits per heavy atom. The number of aromatic nitrogens is 4. The lowest BCUT2D eigenvalue weighted by molar-refractivity contribution is 0.335. The third kappa shape index (κ3) is 2.66. The second-order valence-corrected chi connectivity index (χ2v) is 5.91. The highest BCUT2D eigenvalue weighted by atomic mass is 15.2. The van der Waals surface area contributed by atoms with Gasteiger partial charge in [-0.25, -0.2) is 9.97 Å². The molecule has 2 unspecified atom stereocenters. The Kier molecular flexibility index (Phi) is 3.42. The molecule has 2 heterocycles. The third-order valence-corrected chi connectivity index (χ3v) is 4.07. The lowest BCUT2D eigenvalue weighted by atomic mass is 9.82. The highest BCUT2D eigenvalue weighted by Crippen LogP contribution is 2.35. The predicted octanol–water partition coefficient (Wildman–Crippen LogP) is 2.75. The average molecular weight is 271 g/mol. The Balaban J connectivity index is 1.94. The molecule has 20 heavy (non-hydrogen) atoms. The van der Waals surface area contributed by atoms with Crippen LogP contribution in [-0.2, 0) is 7.05 Å². The maximum absolute atomic E-state index is 5.97. The molecule has 0 bridgehead atoms. The first-order valence-electron chi connectivity index (χ1n) is 7.25. The standard InChI is InChI=1S/C15H21N5/c1-10-4-3-5-11(6-10)15-18-13(7-14(16)19-15)12-8-17-20(2)9-12/h7-11H,3-6H2,1-2H3,(H2,16,18,19). The minimum Gasteiger partial charge on any atom is -0.384 e. The van der Waals surface area contributed by atoms with E-state index in [0.29, 0.717) is 11.7 Å². The van der Waals surface area contributed by atoms with Crippen LogP contribution in [0.25, 0.3) is 11.3 Å². The van der Waals surface area contributed by atoms with Gasteiger partial charge in [0.1, 0.15) is 11.6 Å². The van der Waals surface area contributed by atoms with Crippen LogP contribution >= 0.6 is 0 Å². The van der Waals surface area contributed by atoms with Crippen LogP contribution in [0.3, 0.4) is 0 Å². The van der Waals surface area contributed by atoms with Gasteiger partial charge in [-0.1, -0.05) is 19.8 Å². The summed E-state index contributed by atoms with van der Waals surface area (Å²) in [6, 6.07) is 1.83. The van der Waals surface area contributed by atoms with E-state index < -0.39 is 0 Å². The molecule has 2 N–H and O–H groups in total. The first kappa shape index (κ1) is 13.1. The zero-order valence-electron chi connectivity index (χ0n) is 12.1. The highest BCUT2D eigenvalue weighted by molar-refractivity contribution is 5.60. The smallest absolute Gasteiger partial charge is 0.134 e. The molecule has 2 aromatic heterocycles. The topological polar surface area (TPSA) is 69.6 Å². The molecule has 1 saturated carbocycles. The maximum atomic E-state index is 5.97. The van der Waals surface area contributed by atoms with Crippen molar-refractivity contribution in [3.63, 3.8) is 0 Å². The van der Waals surface area contributed by atoms with Crippen molar-refractivity contribution in [2.45, 2.75) is 38.5 Å². The molecular formula is C15H21N5. The number of nitrogens with zero attached hydrogens (tertiary/aromatic N) is 4. The van der Waals surface area contributed by atoms with Crippen molar-refractivity contribution >= 4 is 5.82 Å². The molecule has 1 fully saturated rings. The molecule has 0 spiro atoms. The zero-order valence-corrected chi connectivity index (χ0v) is 12.1. The summed E-state index contributed by atoms with van der Waals surface area (Å²) in [6.45, 7) is 2.31. The molecular weight excluding hydrogens is 250 g/mol. The van der Waals surface area contributed by atoms with Crippen molar-refractivity contribution in [2.75, 3.05) is 5.73 Å². The second kappa shape index (κ2) is 5.23. The monoisotopic (exact) mass is 271 g/mol. The molecule has 2 atom stereocenters. The second-order valence-electron chi connectivity index (χ2n) is 5.91. The molecule has 3 rings (SSSR count). The molecule has 0 aliphatic heterocycles. The minimum atomic E-state index is 0.442. The molecule has 0 aromatic carbocycles. The van der Waals surface area contributed by atoms with Gasteiger partial charge in [-0.2, -0.15) is 5.10 Å². The van der Waals surface area contributed by atoms with Crippen LogP contribution in [0.1, 0.15) is 44.3 Å². The number of nitrogen functional groups attached to an aromatic ring is 1. The first-order chi connectivity index (χ1) is 9.61. The lowest BCUT2D eigenvalue weighted by Gasteiger charge is -2.25. The number of anilines is 1. The molecule has 0 amide bonds. The molecule has 5 nitrogen and oxygen atoms in total. The van der Waals surface area contributed by atoms with E-state index in [1.807, 2.05) is 25.5 Å². The fourth-order valence-corrected chi connectivity index (χ4v) is 3.04. The number of hydrogen-bond donors (Lipinski definition) is 1. The number of aryl methyl sites for hydroxylation is 1. The van der Waals surface area contributed by atoms with Gasteiger partial charge in [0.15, 0.2) is 0 Å². The summed E-state index contributed by atoms with van der Waals surface area (Å²) >= 11 is 0. The summed E-state index contributed by atoms with van der Waals surface area (Å²) in [5, 5.41) is 4.19. The molecule has 5 heteroatoms. The van der Waals surface area contributed by atoms with Gasteiger partial charge in [0.25, 0.3) is 0 Å². The molecule has 0 radical (unpaired) electrons. The Morgan fingerprint density at radius 3 is 2.85 bits per heavy atom. The first-order valence-corrected chi connectivity index (χ1v) is 7.25. The summed E-state index contributed by atoms with van der Waals surface area (Å²) in [5.41, 5.74) is 7.83. The number of rotatable bonds is 2. The van der Waals surface area contributed by atoms with Crippen LogP contribution in [0.2, 0.25) is 0 Å². The van der Waals surface area contributed by atoms with Crippen molar-refractivity contribution in [2.24, 2.45) is 13.0 Å². The molecule has 1 aliphatic carbocycles. The van der Waals surface area contributed by atoms with Gasteiger partial charge in [0.05, 0.1) is 11.9 Å². The van der Waals surface area contributed by atoms with Crippen molar-refractivity contribution in [1.29, 1.82) is 0 Å². The Morgan fingerprint density at radius 1 is 1.30 bits per heavy atom. The van der Waals surface area contributed by atoms with Gasteiger partial charge >= 0.3 is 0 Å². The summed E-state index contributed by atoms with van der Waals surface area (Å²) < 4.78 is 1.77. The Hall–Kier alpha value is -1.91. The summed E-state index contributed by atoms with van der Waals surface area (Å²) in [7, 11) is 1.90. The normalized spacial score (nSPS) is 22.9. The number of hydrogen-bond acceptors (Lipinski definition) is 4. The fourth-order valence-electron chi connectivity index (χ4n) is 3.04. The Bertz CT molecular complexity index is 604. The lowest BCUT2D eigenvalue weighted by Crippen LogP contribution is -2.15. The van der Waals surface area contributed by atoms with Crippen LogP contribution in [0.15, 0.2) is 18.5 Å². The van der Waals surface area contributed by atoms with Crippen LogP contribution in [0, 0.1) is 5.92 Å². The number of nitrogens with two attached hydrogens (primary N) is 1. The van der Waals surface area contributed by atoms with E-state index in [9.17, 15) is 0 Å². The molecule has 1 aliphatic rings. The van der Waals surface area contributed by atoms with E-state index in [1.54, 1.807) is 4.68 Å². The van der Waals surface area contributed by atoms with E-state index in [1.165, 1.54) is 19.3 Å². The molecule has 2 aromatic rings. The Labute approximate surface area is 119 Å². The SMILES string of the molecule is CC1CCCC(c2nc(N)cc(-c3cnn(C)c3)n2)C1. The average Bonchev–Trinajstić information content (AvgIpc) is 2.85. The highest BCUT2D eigenvalue weighted by Gasteiger charge is 2.23. The summed E-state index contributed by atoms with van der Waals surface area (Å²) in [6.07, 6.45) is 8.67. The van der Waals surface area contributed by atoms with Crippen molar-refractivity contribution < 1.29 is 0 Å². The van der Waals surface area contributed by atoms with Crippen molar-refractivity contribution in [1.82, 2.24) is 19.7 Å². The largest absolute Gasteiger partial charge is 0.384 e.